The number of anilines is 3. The van der Waals surface area contributed by atoms with Gasteiger partial charge in [-0.05, 0) is 42.8 Å². The zero-order valence-electron chi connectivity index (χ0n) is 11.3. The topological polar surface area (TPSA) is 55.8 Å². The number of hydrogen-bond acceptors (Lipinski definition) is 3. The van der Waals surface area contributed by atoms with E-state index in [4.69, 9.17) is 23.2 Å². The Kier molecular flexibility index (Phi) is 3.94. The van der Waals surface area contributed by atoms with Gasteiger partial charge >= 0.3 is 6.03 Å². The van der Waals surface area contributed by atoms with Crippen LogP contribution in [0.2, 0.25) is 10.0 Å². The fourth-order valence-electron chi connectivity index (χ4n) is 2.23. The molecule has 0 aromatic heterocycles. The van der Waals surface area contributed by atoms with Gasteiger partial charge in [-0.3, -0.25) is 5.21 Å². The third-order valence-electron chi connectivity index (χ3n) is 3.26. The Labute approximate surface area is 145 Å². The standard InChI is InChI=1S/C14H10BrCl2N3O2/c1-7-4-8(15)2-3-12(7)19-14(21)18-11-5-9(16)10(17)6-13(11)20(19)22/h2-6,22H,1H3,(H,18,21). The van der Waals surface area contributed by atoms with Crippen LogP contribution in [-0.4, -0.2) is 11.2 Å². The molecule has 8 heteroatoms. The Morgan fingerprint density at radius 3 is 2.50 bits per heavy atom. The number of halogens is 3. The Bertz CT molecular complexity index is 785. The predicted molar refractivity (Wildman–Crippen MR) is 91.1 cm³/mol. The Morgan fingerprint density at radius 2 is 1.82 bits per heavy atom. The van der Waals surface area contributed by atoms with Gasteiger partial charge in [0.25, 0.3) is 0 Å². The molecular formula is C14H10BrCl2N3O2. The highest BCUT2D eigenvalue weighted by molar-refractivity contribution is 9.10. The Hall–Kier alpha value is -1.47. The predicted octanol–water partition coefficient (Wildman–Crippen LogP) is 5.23. The highest BCUT2D eigenvalue weighted by atomic mass is 79.9. The first-order valence-corrected chi connectivity index (χ1v) is 7.78. The maximum absolute atomic E-state index is 12.3. The summed E-state index contributed by atoms with van der Waals surface area (Å²) in [5.41, 5.74) is 2.07. The maximum Gasteiger partial charge on any atom is 0.347 e. The van der Waals surface area contributed by atoms with Crippen molar-refractivity contribution in [2.24, 2.45) is 0 Å². The number of nitrogens with zero attached hydrogens (tertiary/aromatic N) is 2. The number of hydrazine groups is 1. The summed E-state index contributed by atoms with van der Waals surface area (Å²) in [4.78, 5) is 12.3. The van der Waals surface area contributed by atoms with Crippen LogP contribution in [0.15, 0.2) is 34.8 Å². The third kappa shape index (κ3) is 2.52. The molecule has 2 N–H and O–H groups in total. The molecule has 1 heterocycles. The fourth-order valence-corrected chi connectivity index (χ4v) is 3.03. The molecule has 0 saturated carbocycles. The lowest BCUT2D eigenvalue weighted by Crippen LogP contribution is -2.51. The van der Waals surface area contributed by atoms with Crippen molar-refractivity contribution in [3.63, 3.8) is 0 Å². The van der Waals surface area contributed by atoms with Crippen LogP contribution in [0.5, 0.6) is 0 Å². The maximum atomic E-state index is 12.3. The molecular weight excluding hydrogens is 393 g/mol. The molecule has 1 aliphatic rings. The van der Waals surface area contributed by atoms with E-state index in [0.29, 0.717) is 22.1 Å². The summed E-state index contributed by atoms with van der Waals surface area (Å²) in [6, 6.07) is 7.84. The van der Waals surface area contributed by atoms with E-state index in [0.717, 1.165) is 20.2 Å². The van der Waals surface area contributed by atoms with Crippen LogP contribution in [0.1, 0.15) is 5.56 Å². The van der Waals surface area contributed by atoms with Gasteiger partial charge in [0.1, 0.15) is 5.69 Å². The second-order valence-corrected chi connectivity index (χ2v) is 6.48. The molecule has 0 saturated heterocycles. The van der Waals surface area contributed by atoms with Crippen LogP contribution in [0.3, 0.4) is 0 Å². The van der Waals surface area contributed by atoms with Crippen molar-refractivity contribution in [2.45, 2.75) is 6.92 Å². The van der Waals surface area contributed by atoms with Crippen LogP contribution < -0.4 is 15.5 Å². The summed E-state index contributed by atoms with van der Waals surface area (Å²) < 4.78 is 0.880. The van der Waals surface area contributed by atoms with Gasteiger partial charge in [0, 0.05) is 4.47 Å². The van der Waals surface area contributed by atoms with E-state index < -0.39 is 6.03 Å². The highest BCUT2D eigenvalue weighted by Crippen LogP contribution is 2.39. The second-order valence-electron chi connectivity index (χ2n) is 4.75. The average molecular weight is 403 g/mol. The molecule has 2 amide bonds. The molecule has 2 aromatic rings. The molecule has 3 rings (SSSR count). The van der Waals surface area contributed by atoms with Crippen LogP contribution in [0, 0.1) is 6.92 Å². The molecule has 0 fully saturated rings. The summed E-state index contributed by atoms with van der Waals surface area (Å²) in [5.74, 6) is 0. The number of nitrogens with one attached hydrogen (secondary N) is 1. The van der Waals surface area contributed by atoms with Gasteiger partial charge in [0.05, 0.1) is 21.4 Å². The van der Waals surface area contributed by atoms with E-state index in [2.05, 4.69) is 21.2 Å². The van der Waals surface area contributed by atoms with E-state index in [1.165, 1.54) is 12.1 Å². The van der Waals surface area contributed by atoms with Crippen LogP contribution >= 0.6 is 39.1 Å². The lowest BCUT2D eigenvalue weighted by molar-refractivity contribution is 0.221. The number of carbonyl (C=O) groups is 1. The van der Waals surface area contributed by atoms with Crippen LogP contribution in [0.25, 0.3) is 0 Å². The van der Waals surface area contributed by atoms with Crippen LogP contribution in [0.4, 0.5) is 21.9 Å². The molecule has 0 atom stereocenters. The molecule has 1 aliphatic heterocycles. The summed E-state index contributed by atoms with van der Waals surface area (Å²) in [5, 5.41) is 15.6. The molecule has 114 valence electrons. The molecule has 5 nitrogen and oxygen atoms in total. The van der Waals surface area contributed by atoms with E-state index >= 15 is 0 Å². The summed E-state index contributed by atoms with van der Waals surface area (Å²) >= 11 is 15.3. The minimum atomic E-state index is -0.501. The van der Waals surface area contributed by atoms with Crippen molar-refractivity contribution in [3.05, 3.63) is 50.4 Å². The van der Waals surface area contributed by atoms with Gasteiger partial charge in [-0.25, -0.2) is 4.79 Å². The first-order chi connectivity index (χ1) is 10.4. The van der Waals surface area contributed by atoms with Gasteiger partial charge in [-0.1, -0.05) is 39.1 Å². The van der Waals surface area contributed by atoms with Crippen molar-refractivity contribution in [1.29, 1.82) is 0 Å². The van der Waals surface area contributed by atoms with Gasteiger partial charge in [-0.15, -0.1) is 0 Å². The average Bonchev–Trinajstić information content (AvgIpc) is 2.43. The Balaban J connectivity index is 2.10. The largest absolute Gasteiger partial charge is 0.347 e. The normalized spacial score (nSPS) is 14.0. The van der Waals surface area contributed by atoms with Crippen molar-refractivity contribution >= 4 is 62.2 Å². The quantitative estimate of drug-likeness (QED) is 0.686. The molecule has 22 heavy (non-hydrogen) atoms. The smallest absolute Gasteiger partial charge is 0.304 e. The lowest BCUT2D eigenvalue weighted by Gasteiger charge is -2.37. The fraction of sp³-hybridized carbons (Fsp3) is 0.0714. The zero-order valence-corrected chi connectivity index (χ0v) is 14.4. The van der Waals surface area contributed by atoms with Crippen molar-refractivity contribution in [3.8, 4) is 0 Å². The van der Waals surface area contributed by atoms with E-state index in [1.807, 2.05) is 13.0 Å². The number of fused-ring (bicyclic) bond motifs is 1. The monoisotopic (exact) mass is 401 g/mol. The van der Waals surface area contributed by atoms with Crippen molar-refractivity contribution in [2.75, 3.05) is 15.5 Å². The lowest BCUT2D eigenvalue weighted by atomic mass is 10.2. The molecule has 2 aromatic carbocycles. The van der Waals surface area contributed by atoms with Gasteiger partial charge in [0.15, 0.2) is 0 Å². The first-order valence-electron chi connectivity index (χ1n) is 6.23. The van der Waals surface area contributed by atoms with Crippen molar-refractivity contribution in [1.82, 2.24) is 0 Å². The molecule has 0 spiro atoms. The number of hydrogen-bond donors (Lipinski definition) is 2. The van der Waals surface area contributed by atoms with Gasteiger partial charge in [0.2, 0.25) is 0 Å². The van der Waals surface area contributed by atoms with Gasteiger partial charge < -0.3 is 5.32 Å². The van der Waals surface area contributed by atoms with Crippen LogP contribution in [-0.2, 0) is 0 Å². The Morgan fingerprint density at radius 1 is 1.14 bits per heavy atom. The summed E-state index contributed by atoms with van der Waals surface area (Å²) in [6.07, 6.45) is 0. The number of amides is 2. The second kappa shape index (κ2) is 5.62. The number of urea groups is 1. The number of carbonyl (C=O) groups excluding carboxylic acids is 1. The number of rotatable bonds is 1. The third-order valence-corrected chi connectivity index (χ3v) is 4.48. The van der Waals surface area contributed by atoms with E-state index in [1.54, 1.807) is 12.1 Å². The number of benzene rings is 2. The molecule has 0 aliphatic carbocycles. The molecule has 0 bridgehead atoms. The minimum Gasteiger partial charge on any atom is -0.304 e. The van der Waals surface area contributed by atoms with Crippen molar-refractivity contribution < 1.29 is 10.0 Å². The number of aryl methyl sites for hydroxylation is 1. The summed E-state index contributed by atoms with van der Waals surface area (Å²) in [6.45, 7) is 1.84. The highest BCUT2D eigenvalue weighted by Gasteiger charge is 2.32. The SMILES string of the molecule is Cc1cc(Br)ccc1N1C(=O)Nc2cc(Cl)c(Cl)cc2N1O. The molecule has 0 radical (unpaired) electrons. The zero-order chi connectivity index (χ0) is 16.0. The first kappa shape index (κ1) is 15.4. The van der Waals surface area contributed by atoms with E-state index in [9.17, 15) is 10.0 Å². The molecule has 0 unspecified atom stereocenters. The summed E-state index contributed by atoms with van der Waals surface area (Å²) in [7, 11) is 0. The van der Waals surface area contributed by atoms with Gasteiger partial charge in [-0.2, -0.15) is 10.2 Å². The van der Waals surface area contributed by atoms with E-state index in [-0.39, 0.29) is 5.02 Å². The minimum absolute atomic E-state index is 0.281.